The van der Waals surface area contributed by atoms with Crippen LogP contribution in [0.4, 0.5) is 0 Å². The number of aryl methyl sites for hydroxylation is 1. The SMILES string of the molecule is Cc1ccsc1C(=O)OCC(=O)N[C@@H]1CCC[C@H](C)[C@H]1C. The zero-order valence-corrected chi connectivity index (χ0v) is 13.7. The number of amides is 1. The maximum Gasteiger partial charge on any atom is 0.349 e. The number of thiophene rings is 1. The maximum absolute atomic E-state index is 11.9. The van der Waals surface area contributed by atoms with Gasteiger partial charge in [-0.15, -0.1) is 11.3 Å². The van der Waals surface area contributed by atoms with Gasteiger partial charge >= 0.3 is 5.97 Å². The molecule has 1 aromatic rings. The average Bonchev–Trinajstić information content (AvgIpc) is 2.87. The number of esters is 1. The van der Waals surface area contributed by atoms with Gasteiger partial charge in [0.05, 0.1) is 0 Å². The molecular weight excluding hydrogens is 286 g/mol. The second-order valence-corrected chi connectivity index (χ2v) is 6.87. The molecule has 116 valence electrons. The second kappa shape index (κ2) is 7.07. The summed E-state index contributed by atoms with van der Waals surface area (Å²) in [7, 11) is 0. The van der Waals surface area contributed by atoms with Crippen LogP contribution in [0, 0.1) is 18.8 Å². The van der Waals surface area contributed by atoms with Gasteiger partial charge in [-0.1, -0.05) is 26.7 Å². The number of nitrogens with one attached hydrogen (secondary N) is 1. The van der Waals surface area contributed by atoms with Gasteiger partial charge in [0, 0.05) is 6.04 Å². The molecule has 0 saturated heterocycles. The third-order valence-electron chi connectivity index (χ3n) is 4.44. The Morgan fingerprint density at radius 2 is 2.14 bits per heavy atom. The minimum Gasteiger partial charge on any atom is -0.451 e. The number of carbonyl (C=O) groups excluding carboxylic acids is 2. The Morgan fingerprint density at radius 3 is 2.81 bits per heavy atom. The Balaban J connectivity index is 1.80. The summed E-state index contributed by atoms with van der Waals surface area (Å²) in [6.45, 7) is 6.06. The van der Waals surface area contributed by atoms with E-state index in [9.17, 15) is 9.59 Å². The Morgan fingerprint density at radius 1 is 1.38 bits per heavy atom. The molecule has 1 saturated carbocycles. The van der Waals surface area contributed by atoms with Gasteiger partial charge in [-0.3, -0.25) is 4.79 Å². The molecule has 0 spiro atoms. The van der Waals surface area contributed by atoms with Crippen LogP contribution in [0.15, 0.2) is 11.4 Å². The molecule has 1 N–H and O–H groups in total. The molecular formula is C16H23NO3S. The highest BCUT2D eigenvalue weighted by Crippen LogP contribution is 2.29. The predicted molar refractivity (Wildman–Crippen MR) is 83.4 cm³/mol. The second-order valence-electron chi connectivity index (χ2n) is 5.95. The molecule has 2 rings (SSSR count). The minimum absolute atomic E-state index is 0.198. The lowest BCUT2D eigenvalue weighted by Crippen LogP contribution is -2.45. The summed E-state index contributed by atoms with van der Waals surface area (Å²) in [6, 6.07) is 2.07. The summed E-state index contributed by atoms with van der Waals surface area (Å²) in [4.78, 5) is 24.4. The molecule has 1 heterocycles. The van der Waals surface area contributed by atoms with E-state index in [0.717, 1.165) is 18.4 Å². The number of hydrogen-bond acceptors (Lipinski definition) is 4. The van der Waals surface area contributed by atoms with Crippen LogP contribution in [-0.4, -0.2) is 24.5 Å². The lowest BCUT2D eigenvalue weighted by molar-refractivity contribution is -0.125. The molecule has 0 aromatic carbocycles. The highest BCUT2D eigenvalue weighted by atomic mass is 32.1. The maximum atomic E-state index is 11.9. The van der Waals surface area contributed by atoms with Gasteiger partial charge in [0.1, 0.15) is 4.88 Å². The summed E-state index contributed by atoms with van der Waals surface area (Å²) < 4.78 is 5.09. The van der Waals surface area contributed by atoms with E-state index >= 15 is 0 Å². The zero-order valence-electron chi connectivity index (χ0n) is 12.8. The van der Waals surface area contributed by atoms with Crippen molar-refractivity contribution in [1.29, 1.82) is 0 Å². The summed E-state index contributed by atoms with van der Waals surface area (Å²) >= 11 is 1.34. The normalized spacial score (nSPS) is 25.4. The Bertz CT molecular complexity index is 511. The molecule has 0 aliphatic heterocycles. The van der Waals surface area contributed by atoms with Gasteiger partial charge in [-0.05, 0) is 42.2 Å². The minimum atomic E-state index is -0.414. The lowest BCUT2D eigenvalue weighted by atomic mass is 9.78. The quantitative estimate of drug-likeness (QED) is 0.869. The van der Waals surface area contributed by atoms with Crippen molar-refractivity contribution in [2.75, 3.05) is 6.61 Å². The fourth-order valence-electron chi connectivity index (χ4n) is 2.81. The van der Waals surface area contributed by atoms with Crippen molar-refractivity contribution in [2.45, 2.75) is 46.1 Å². The molecule has 3 atom stereocenters. The third kappa shape index (κ3) is 4.06. The molecule has 0 bridgehead atoms. The van der Waals surface area contributed by atoms with Gasteiger partial charge in [0.15, 0.2) is 6.61 Å². The number of ether oxygens (including phenoxy) is 1. The molecule has 1 fully saturated rings. The van der Waals surface area contributed by atoms with Crippen molar-refractivity contribution in [3.05, 3.63) is 21.9 Å². The largest absolute Gasteiger partial charge is 0.451 e. The van der Waals surface area contributed by atoms with Gasteiger partial charge in [-0.25, -0.2) is 4.79 Å². The first-order valence-corrected chi connectivity index (χ1v) is 8.37. The van der Waals surface area contributed by atoms with Crippen molar-refractivity contribution in [3.8, 4) is 0 Å². The van der Waals surface area contributed by atoms with E-state index in [1.54, 1.807) is 0 Å². The van der Waals surface area contributed by atoms with Crippen LogP contribution < -0.4 is 5.32 Å². The lowest BCUT2D eigenvalue weighted by Gasteiger charge is -2.34. The average molecular weight is 309 g/mol. The van der Waals surface area contributed by atoms with Crippen LogP contribution in [0.3, 0.4) is 0 Å². The first-order valence-electron chi connectivity index (χ1n) is 7.49. The van der Waals surface area contributed by atoms with Crippen LogP contribution in [0.25, 0.3) is 0 Å². The molecule has 1 aromatic heterocycles. The first-order chi connectivity index (χ1) is 9.99. The van der Waals surface area contributed by atoms with Crippen molar-refractivity contribution in [3.63, 3.8) is 0 Å². The summed E-state index contributed by atoms with van der Waals surface area (Å²) in [6.07, 6.45) is 3.38. The Labute approximate surface area is 129 Å². The van der Waals surface area contributed by atoms with E-state index in [-0.39, 0.29) is 18.6 Å². The van der Waals surface area contributed by atoms with Crippen LogP contribution >= 0.6 is 11.3 Å². The Hall–Kier alpha value is -1.36. The van der Waals surface area contributed by atoms with E-state index in [4.69, 9.17) is 4.74 Å². The molecule has 4 nitrogen and oxygen atoms in total. The highest BCUT2D eigenvalue weighted by Gasteiger charge is 2.28. The predicted octanol–water partition coefficient (Wildman–Crippen LogP) is 3.15. The fourth-order valence-corrected chi connectivity index (χ4v) is 3.63. The smallest absolute Gasteiger partial charge is 0.349 e. The van der Waals surface area contributed by atoms with Crippen molar-refractivity contribution >= 4 is 23.2 Å². The van der Waals surface area contributed by atoms with E-state index < -0.39 is 5.97 Å². The van der Waals surface area contributed by atoms with Crippen molar-refractivity contribution in [1.82, 2.24) is 5.32 Å². The molecule has 5 heteroatoms. The molecule has 1 aliphatic carbocycles. The van der Waals surface area contributed by atoms with Crippen LogP contribution in [0.2, 0.25) is 0 Å². The van der Waals surface area contributed by atoms with E-state index in [1.807, 2.05) is 18.4 Å². The fraction of sp³-hybridized carbons (Fsp3) is 0.625. The number of carbonyl (C=O) groups is 2. The monoisotopic (exact) mass is 309 g/mol. The number of hydrogen-bond donors (Lipinski definition) is 1. The summed E-state index contributed by atoms with van der Waals surface area (Å²) in [5.74, 6) is 0.476. The Kier molecular flexibility index (Phi) is 5.39. The van der Waals surface area contributed by atoms with Gasteiger partial charge in [-0.2, -0.15) is 0 Å². The number of rotatable bonds is 4. The van der Waals surface area contributed by atoms with Crippen LogP contribution in [-0.2, 0) is 9.53 Å². The van der Waals surface area contributed by atoms with Gasteiger partial charge in [0.25, 0.3) is 5.91 Å². The van der Waals surface area contributed by atoms with Crippen LogP contribution in [0.1, 0.15) is 48.3 Å². The zero-order chi connectivity index (χ0) is 15.4. The van der Waals surface area contributed by atoms with E-state index in [1.165, 1.54) is 17.8 Å². The summed E-state index contributed by atoms with van der Waals surface area (Å²) in [5.41, 5.74) is 0.889. The molecule has 1 aliphatic rings. The van der Waals surface area contributed by atoms with Crippen molar-refractivity contribution < 1.29 is 14.3 Å². The van der Waals surface area contributed by atoms with E-state index in [2.05, 4.69) is 19.2 Å². The molecule has 0 unspecified atom stereocenters. The molecule has 0 radical (unpaired) electrons. The molecule has 21 heavy (non-hydrogen) atoms. The standard InChI is InChI=1S/C16H23NO3S/c1-10-5-4-6-13(12(10)3)17-14(18)9-20-16(19)15-11(2)7-8-21-15/h7-8,10,12-13H,4-6,9H2,1-3H3,(H,17,18)/t10-,12+,13+/m0/s1. The summed E-state index contributed by atoms with van der Waals surface area (Å²) in [5, 5.41) is 4.85. The topological polar surface area (TPSA) is 55.4 Å². The third-order valence-corrected chi connectivity index (χ3v) is 5.43. The van der Waals surface area contributed by atoms with E-state index in [0.29, 0.717) is 16.7 Å². The van der Waals surface area contributed by atoms with Crippen molar-refractivity contribution in [2.24, 2.45) is 11.8 Å². The van der Waals surface area contributed by atoms with Gasteiger partial charge < -0.3 is 10.1 Å². The van der Waals surface area contributed by atoms with Crippen LogP contribution in [0.5, 0.6) is 0 Å². The first kappa shape index (κ1) is 16.0. The van der Waals surface area contributed by atoms with Gasteiger partial charge in [0.2, 0.25) is 0 Å². The highest BCUT2D eigenvalue weighted by molar-refractivity contribution is 7.12. The molecule has 1 amide bonds.